The molecule has 3 nitrogen and oxygen atoms in total. The molecular formula is C21H20F3NO2S. The molecule has 2 N–H and O–H groups in total. The van der Waals surface area contributed by atoms with Crippen LogP contribution >= 0.6 is 0 Å². The quantitative estimate of drug-likeness (QED) is 0.765. The van der Waals surface area contributed by atoms with E-state index in [4.69, 9.17) is 5.14 Å². The monoisotopic (exact) mass is 407 g/mol. The van der Waals surface area contributed by atoms with Gasteiger partial charge in [-0.3, -0.25) is 0 Å². The lowest BCUT2D eigenvalue weighted by atomic mass is 9.94. The fraction of sp³-hybridized carbons (Fsp3) is 0.333. The molecule has 4 rings (SSSR count). The van der Waals surface area contributed by atoms with Crippen LogP contribution < -0.4 is 5.14 Å². The number of halogens is 3. The van der Waals surface area contributed by atoms with E-state index >= 15 is 0 Å². The van der Waals surface area contributed by atoms with Crippen LogP contribution in [0.15, 0.2) is 47.4 Å². The van der Waals surface area contributed by atoms with Crippen LogP contribution in [0.5, 0.6) is 0 Å². The van der Waals surface area contributed by atoms with Crippen molar-refractivity contribution in [3.05, 3.63) is 64.7 Å². The number of aryl methyl sites for hydroxylation is 1. The standard InChI is InChI=1S/C21H20F3NO2S/c1-13-10-15(4-7-19(13)21(22,23)24)18-12-20(8-9-20)11-17(18)14-2-5-16(6-3-14)28(25,26)27/h2-7,10H,8-9,11-12H2,1H3,(H2,25,26,27). The summed E-state index contributed by atoms with van der Waals surface area (Å²) in [4.78, 5) is 0.0444. The molecule has 28 heavy (non-hydrogen) atoms. The van der Waals surface area contributed by atoms with Gasteiger partial charge >= 0.3 is 6.18 Å². The number of allylic oxidation sites excluding steroid dienone is 2. The maximum atomic E-state index is 13.1. The van der Waals surface area contributed by atoms with Crippen LogP contribution in [0, 0.1) is 12.3 Å². The van der Waals surface area contributed by atoms with Gasteiger partial charge in [0.2, 0.25) is 10.0 Å². The van der Waals surface area contributed by atoms with Crippen LogP contribution in [-0.4, -0.2) is 8.42 Å². The third kappa shape index (κ3) is 3.49. The Morgan fingerprint density at radius 1 is 0.929 bits per heavy atom. The molecule has 0 saturated heterocycles. The minimum Gasteiger partial charge on any atom is -0.225 e. The summed E-state index contributed by atoms with van der Waals surface area (Å²) >= 11 is 0. The van der Waals surface area contributed by atoms with Crippen LogP contribution in [0.2, 0.25) is 0 Å². The number of primary sulfonamides is 1. The summed E-state index contributed by atoms with van der Waals surface area (Å²) in [5, 5.41) is 5.17. The van der Waals surface area contributed by atoms with Crippen LogP contribution in [0.25, 0.3) is 11.1 Å². The molecule has 1 fully saturated rings. The number of benzene rings is 2. The zero-order valence-electron chi connectivity index (χ0n) is 15.3. The molecule has 2 aliphatic carbocycles. The predicted molar refractivity (Wildman–Crippen MR) is 102 cm³/mol. The van der Waals surface area contributed by atoms with Gasteiger partial charge in [-0.05, 0) is 84.1 Å². The summed E-state index contributed by atoms with van der Waals surface area (Å²) in [6, 6.07) is 10.7. The van der Waals surface area contributed by atoms with Crippen molar-refractivity contribution in [3.8, 4) is 0 Å². The molecule has 2 aromatic carbocycles. The fourth-order valence-corrected chi connectivity index (χ4v) is 4.64. The molecule has 0 amide bonds. The number of nitrogens with two attached hydrogens (primary N) is 1. The largest absolute Gasteiger partial charge is 0.416 e. The van der Waals surface area contributed by atoms with Gasteiger partial charge in [-0.1, -0.05) is 24.3 Å². The number of sulfonamides is 1. The lowest BCUT2D eigenvalue weighted by Gasteiger charge is -2.14. The first kappa shape index (κ1) is 19.2. The Bertz CT molecular complexity index is 1080. The molecule has 0 unspecified atom stereocenters. The van der Waals surface area contributed by atoms with Crippen molar-refractivity contribution < 1.29 is 21.6 Å². The Balaban J connectivity index is 1.77. The molecule has 0 radical (unpaired) electrons. The maximum Gasteiger partial charge on any atom is 0.416 e. The fourth-order valence-electron chi connectivity index (χ4n) is 4.12. The normalized spacial score (nSPS) is 18.8. The van der Waals surface area contributed by atoms with E-state index in [1.54, 1.807) is 24.3 Å². The zero-order chi connectivity index (χ0) is 20.3. The summed E-state index contributed by atoms with van der Waals surface area (Å²) in [7, 11) is -3.77. The topological polar surface area (TPSA) is 60.2 Å². The maximum absolute atomic E-state index is 13.1. The lowest BCUT2D eigenvalue weighted by Crippen LogP contribution is -2.11. The molecule has 0 bridgehead atoms. The highest BCUT2D eigenvalue weighted by Crippen LogP contribution is 2.63. The molecule has 0 atom stereocenters. The molecule has 148 valence electrons. The molecule has 2 aliphatic rings. The second-order valence-electron chi connectivity index (χ2n) is 7.91. The summed E-state index contributed by atoms with van der Waals surface area (Å²) in [6.07, 6.45) is -0.457. The lowest BCUT2D eigenvalue weighted by molar-refractivity contribution is -0.138. The Labute approximate surface area is 162 Å². The molecule has 0 aromatic heterocycles. The molecule has 7 heteroatoms. The SMILES string of the molecule is Cc1cc(C2=C(c3ccc(S(N)(=O)=O)cc3)CC3(CC3)C2)ccc1C(F)(F)F. The predicted octanol–water partition coefficient (Wildman–Crippen LogP) is 5.15. The van der Waals surface area contributed by atoms with E-state index < -0.39 is 21.8 Å². The van der Waals surface area contributed by atoms with E-state index in [-0.39, 0.29) is 15.9 Å². The third-order valence-electron chi connectivity index (χ3n) is 5.84. The summed E-state index contributed by atoms with van der Waals surface area (Å²) in [5.41, 5.74) is 3.63. The highest BCUT2D eigenvalue weighted by atomic mass is 32.2. The van der Waals surface area contributed by atoms with E-state index in [2.05, 4.69) is 0 Å². The summed E-state index contributed by atoms with van der Waals surface area (Å²) in [5.74, 6) is 0. The Morgan fingerprint density at radius 3 is 1.93 bits per heavy atom. The average molecular weight is 407 g/mol. The molecule has 2 aromatic rings. The van der Waals surface area contributed by atoms with Gasteiger partial charge in [-0.2, -0.15) is 13.2 Å². The number of rotatable bonds is 3. The van der Waals surface area contributed by atoms with E-state index in [0.717, 1.165) is 54.0 Å². The molecular weight excluding hydrogens is 387 g/mol. The Morgan fingerprint density at radius 2 is 1.46 bits per heavy atom. The van der Waals surface area contributed by atoms with Crippen molar-refractivity contribution in [3.63, 3.8) is 0 Å². The highest BCUT2D eigenvalue weighted by molar-refractivity contribution is 7.89. The first-order valence-corrected chi connectivity index (χ1v) is 10.6. The van der Waals surface area contributed by atoms with Crippen LogP contribution in [-0.2, 0) is 16.2 Å². The molecule has 1 saturated carbocycles. The molecule has 1 spiro atoms. The van der Waals surface area contributed by atoms with E-state index in [1.807, 2.05) is 0 Å². The van der Waals surface area contributed by atoms with Gasteiger partial charge < -0.3 is 0 Å². The Hall–Kier alpha value is -2.12. The summed E-state index contributed by atoms with van der Waals surface area (Å²) < 4.78 is 62.3. The number of alkyl halides is 3. The van der Waals surface area contributed by atoms with Gasteiger partial charge in [0, 0.05) is 0 Å². The number of hydrogen-bond acceptors (Lipinski definition) is 2. The van der Waals surface area contributed by atoms with Crippen molar-refractivity contribution in [2.45, 2.75) is 43.7 Å². The summed E-state index contributed by atoms with van der Waals surface area (Å²) in [6.45, 7) is 1.48. The molecule has 0 heterocycles. The van der Waals surface area contributed by atoms with Crippen molar-refractivity contribution in [1.29, 1.82) is 0 Å². The van der Waals surface area contributed by atoms with Gasteiger partial charge in [-0.15, -0.1) is 0 Å². The third-order valence-corrected chi connectivity index (χ3v) is 6.77. The van der Waals surface area contributed by atoms with E-state index in [1.165, 1.54) is 19.1 Å². The average Bonchev–Trinajstić information content (AvgIpc) is 3.23. The first-order valence-electron chi connectivity index (χ1n) is 9.02. The highest BCUT2D eigenvalue weighted by Gasteiger charge is 2.48. The number of hydrogen-bond donors (Lipinski definition) is 1. The van der Waals surface area contributed by atoms with Gasteiger partial charge in [0.05, 0.1) is 10.5 Å². The molecule has 0 aliphatic heterocycles. The van der Waals surface area contributed by atoms with Crippen LogP contribution in [0.1, 0.15) is 47.9 Å². The van der Waals surface area contributed by atoms with Crippen molar-refractivity contribution in [2.24, 2.45) is 10.6 Å². The minimum atomic E-state index is -4.36. The first-order chi connectivity index (χ1) is 13.0. The van der Waals surface area contributed by atoms with Crippen LogP contribution in [0.3, 0.4) is 0 Å². The minimum absolute atomic E-state index is 0.0444. The van der Waals surface area contributed by atoms with Gasteiger partial charge in [0.1, 0.15) is 0 Å². The second kappa shape index (κ2) is 6.19. The smallest absolute Gasteiger partial charge is 0.225 e. The Kier molecular flexibility index (Phi) is 4.25. The van der Waals surface area contributed by atoms with Crippen LogP contribution in [0.4, 0.5) is 13.2 Å². The van der Waals surface area contributed by atoms with Gasteiger partial charge in [-0.25, -0.2) is 13.6 Å². The van der Waals surface area contributed by atoms with E-state index in [0.29, 0.717) is 0 Å². The zero-order valence-corrected chi connectivity index (χ0v) is 16.1. The van der Waals surface area contributed by atoms with Crippen molar-refractivity contribution in [1.82, 2.24) is 0 Å². The van der Waals surface area contributed by atoms with E-state index in [9.17, 15) is 21.6 Å². The van der Waals surface area contributed by atoms with Gasteiger partial charge in [0.15, 0.2) is 0 Å². The van der Waals surface area contributed by atoms with Gasteiger partial charge in [0.25, 0.3) is 0 Å². The van der Waals surface area contributed by atoms with Crippen molar-refractivity contribution >= 4 is 21.2 Å². The van der Waals surface area contributed by atoms with Crippen molar-refractivity contribution in [2.75, 3.05) is 0 Å². The second-order valence-corrected chi connectivity index (χ2v) is 9.47.